The average molecular weight is 440 g/mol. The Hall–Kier alpha value is -3.03. The minimum atomic E-state index is -0.455. The van der Waals surface area contributed by atoms with Gasteiger partial charge in [0.05, 0.1) is 12.2 Å². The molecule has 32 heavy (non-hydrogen) atoms. The monoisotopic (exact) mass is 439 g/mol. The molecule has 1 saturated heterocycles. The van der Waals surface area contributed by atoms with Crippen molar-refractivity contribution in [2.24, 2.45) is 5.92 Å². The highest BCUT2D eigenvalue weighted by Gasteiger charge is 2.30. The number of anilines is 1. The zero-order chi connectivity index (χ0) is 22.2. The van der Waals surface area contributed by atoms with Gasteiger partial charge < -0.3 is 10.2 Å². The number of fused-ring (bicyclic) bond motifs is 1. The van der Waals surface area contributed by atoms with E-state index in [0.29, 0.717) is 41.5 Å². The molecule has 1 atom stereocenters. The van der Waals surface area contributed by atoms with Crippen LogP contribution in [0.2, 0.25) is 0 Å². The van der Waals surface area contributed by atoms with Gasteiger partial charge in [-0.1, -0.05) is 6.92 Å². The molecule has 2 fully saturated rings. The number of aromatic nitrogens is 3. The van der Waals surface area contributed by atoms with Crippen LogP contribution in [0.25, 0.3) is 5.65 Å². The molecule has 1 saturated carbocycles. The molecule has 0 unspecified atom stereocenters. The number of carbonyl (C=O) groups is 1. The Morgan fingerprint density at radius 1 is 1.12 bits per heavy atom. The van der Waals surface area contributed by atoms with Crippen LogP contribution in [0, 0.1) is 17.6 Å². The molecule has 6 nitrogen and oxygen atoms in total. The summed E-state index contributed by atoms with van der Waals surface area (Å²) in [6, 6.07) is 5.25. The smallest absolute Gasteiger partial charge is 0.256 e. The van der Waals surface area contributed by atoms with E-state index in [1.807, 2.05) is 4.90 Å². The third kappa shape index (κ3) is 3.94. The number of rotatable bonds is 4. The lowest BCUT2D eigenvalue weighted by molar-refractivity contribution is 0.0924. The summed E-state index contributed by atoms with van der Waals surface area (Å²) in [6.07, 6.45) is 9.07. The fourth-order valence-electron chi connectivity index (χ4n) is 4.98. The number of hydrogen-bond donors (Lipinski definition) is 1. The summed E-state index contributed by atoms with van der Waals surface area (Å²) in [5, 5.41) is 7.41. The fourth-order valence-corrected chi connectivity index (χ4v) is 4.98. The van der Waals surface area contributed by atoms with Crippen molar-refractivity contribution in [1.82, 2.24) is 19.9 Å². The summed E-state index contributed by atoms with van der Waals surface area (Å²) in [5.41, 5.74) is 1.23. The van der Waals surface area contributed by atoms with Crippen LogP contribution < -0.4 is 10.2 Å². The molecule has 3 heterocycles. The lowest BCUT2D eigenvalue weighted by Gasteiger charge is -2.27. The van der Waals surface area contributed by atoms with Crippen LogP contribution in [-0.2, 0) is 0 Å². The third-order valence-corrected chi connectivity index (χ3v) is 6.81. The Kier molecular flexibility index (Phi) is 5.53. The van der Waals surface area contributed by atoms with Crippen molar-refractivity contribution in [1.29, 1.82) is 0 Å². The molecule has 1 aromatic carbocycles. The van der Waals surface area contributed by atoms with Crippen molar-refractivity contribution in [2.45, 2.75) is 57.5 Å². The SMILES string of the molecule is CC1CCC(NC(=O)c2cnn3ccc(N4CCC[C@@H]4c4cc(F)ccc4F)nc23)CC1. The highest BCUT2D eigenvalue weighted by Crippen LogP contribution is 2.37. The molecule has 0 radical (unpaired) electrons. The van der Waals surface area contributed by atoms with Crippen molar-refractivity contribution < 1.29 is 13.6 Å². The molecule has 5 rings (SSSR count). The van der Waals surface area contributed by atoms with Gasteiger partial charge in [-0.2, -0.15) is 5.10 Å². The highest BCUT2D eigenvalue weighted by atomic mass is 19.1. The third-order valence-electron chi connectivity index (χ3n) is 6.81. The van der Waals surface area contributed by atoms with E-state index in [1.165, 1.54) is 12.1 Å². The Morgan fingerprint density at radius 3 is 2.75 bits per heavy atom. The molecule has 3 aromatic rings. The highest BCUT2D eigenvalue weighted by molar-refractivity contribution is 5.99. The minimum Gasteiger partial charge on any atom is -0.349 e. The Bertz CT molecular complexity index is 1140. The van der Waals surface area contributed by atoms with E-state index in [1.54, 1.807) is 23.0 Å². The van der Waals surface area contributed by atoms with Gasteiger partial charge >= 0.3 is 0 Å². The van der Waals surface area contributed by atoms with E-state index in [-0.39, 0.29) is 18.0 Å². The number of halogens is 2. The summed E-state index contributed by atoms with van der Waals surface area (Å²) >= 11 is 0. The number of carbonyl (C=O) groups excluding carboxylic acids is 1. The molecular weight excluding hydrogens is 412 g/mol. The molecule has 1 N–H and O–H groups in total. The summed E-state index contributed by atoms with van der Waals surface area (Å²) in [4.78, 5) is 19.7. The van der Waals surface area contributed by atoms with Crippen molar-refractivity contribution in [3.05, 3.63) is 59.4 Å². The fraction of sp³-hybridized carbons (Fsp3) is 0.458. The Balaban J connectivity index is 1.42. The predicted molar refractivity (Wildman–Crippen MR) is 118 cm³/mol. The second kappa shape index (κ2) is 8.48. The molecule has 1 amide bonds. The molecule has 1 aliphatic carbocycles. The maximum absolute atomic E-state index is 14.4. The maximum Gasteiger partial charge on any atom is 0.256 e. The molecule has 0 bridgehead atoms. The first-order valence-electron chi connectivity index (χ1n) is 11.4. The van der Waals surface area contributed by atoms with E-state index in [0.717, 1.165) is 38.2 Å². The summed E-state index contributed by atoms with van der Waals surface area (Å²) in [6.45, 7) is 2.93. The first kappa shape index (κ1) is 20.8. The molecular formula is C24H27F2N5O. The van der Waals surface area contributed by atoms with Gasteiger partial charge in [0, 0.05) is 24.3 Å². The molecule has 2 aliphatic rings. The van der Waals surface area contributed by atoms with E-state index < -0.39 is 11.6 Å². The van der Waals surface area contributed by atoms with Crippen LogP contribution in [-0.4, -0.2) is 33.1 Å². The second-order valence-corrected chi connectivity index (χ2v) is 9.06. The van der Waals surface area contributed by atoms with Crippen molar-refractivity contribution in [3.8, 4) is 0 Å². The zero-order valence-corrected chi connectivity index (χ0v) is 18.1. The molecule has 8 heteroatoms. The predicted octanol–water partition coefficient (Wildman–Crippen LogP) is 4.66. The van der Waals surface area contributed by atoms with E-state index in [2.05, 4.69) is 17.3 Å². The van der Waals surface area contributed by atoms with Gasteiger partial charge in [-0.15, -0.1) is 0 Å². The van der Waals surface area contributed by atoms with Gasteiger partial charge in [0.2, 0.25) is 0 Å². The van der Waals surface area contributed by atoms with Gasteiger partial charge in [-0.25, -0.2) is 18.3 Å². The van der Waals surface area contributed by atoms with E-state index >= 15 is 0 Å². The molecule has 2 aromatic heterocycles. The van der Waals surface area contributed by atoms with Crippen LogP contribution in [0.5, 0.6) is 0 Å². The number of nitrogens with one attached hydrogen (secondary N) is 1. The van der Waals surface area contributed by atoms with Gasteiger partial charge in [0.1, 0.15) is 23.0 Å². The van der Waals surface area contributed by atoms with Crippen LogP contribution in [0.15, 0.2) is 36.7 Å². The standard InChI is InChI=1S/C24H27F2N5O/c1-15-4-7-17(8-5-15)28-24(32)19-14-27-31-12-10-22(29-23(19)31)30-11-2-3-21(30)18-13-16(25)6-9-20(18)26/h6,9-10,12-15,17,21H,2-5,7-8,11H2,1H3,(H,28,32)/t15?,17?,21-/m1/s1. The summed E-state index contributed by atoms with van der Waals surface area (Å²) in [7, 11) is 0. The second-order valence-electron chi connectivity index (χ2n) is 9.06. The number of amides is 1. The van der Waals surface area contributed by atoms with Crippen molar-refractivity contribution in [2.75, 3.05) is 11.4 Å². The van der Waals surface area contributed by atoms with Crippen LogP contribution in [0.4, 0.5) is 14.6 Å². The molecule has 1 aliphatic heterocycles. The maximum atomic E-state index is 14.4. The largest absolute Gasteiger partial charge is 0.349 e. The van der Waals surface area contributed by atoms with Gasteiger partial charge in [0.15, 0.2) is 5.65 Å². The summed E-state index contributed by atoms with van der Waals surface area (Å²) < 4.78 is 29.8. The van der Waals surface area contributed by atoms with Crippen molar-refractivity contribution >= 4 is 17.4 Å². The van der Waals surface area contributed by atoms with Crippen LogP contribution in [0.3, 0.4) is 0 Å². The van der Waals surface area contributed by atoms with E-state index in [9.17, 15) is 13.6 Å². The Labute approximate surface area is 185 Å². The zero-order valence-electron chi connectivity index (χ0n) is 18.1. The van der Waals surface area contributed by atoms with Gasteiger partial charge in [-0.05, 0) is 68.7 Å². The normalized spacial score (nSPS) is 23.6. The lowest BCUT2D eigenvalue weighted by atomic mass is 9.87. The van der Waals surface area contributed by atoms with Gasteiger partial charge in [-0.3, -0.25) is 4.79 Å². The number of hydrogen-bond acceptors (Lipinski definition) is 4. The summed E-state index contributed by atoms with van der Waals surface area (Å²) in [5.74, 6) is 0.294. The van der Waals surface area contributed by atoms with Crippen LogP contribution in [0.1, 0.15) is 67.4 Å². The van der Waals surface area contributed by atoms with Crippen molar-refractivity contribution in [3.63, 3.8) is 0 Å². The van der Waals surface area contributed by atoms with Crippen LogP contribution >= 0.6 is 0 Å². The quantitative estimate of drug-likeness (QED) is 0.642. The average Bonchev–Trinajstić information content (AvgIpc) is 3.43. The first-order valence-corrected chi connectivity index (χ1v) is 11.4. The van der Waals surface area contributed by atoms with Gasteiger partial charge in [0.25, 0.3) is 5.91 Å². The first-order chi connectivity index (χ1) is 15.5. The van der Waals surface area contributed by atoms with E-state index in [4.69, 9.17) is 4.98 Å². The minimum absolute atomic E-state index is 0.168. The lowest BCUT2D eigenvalue weighted by Crippen LogP contribution is -2.37. The molecule has 0 spiro atoms. The molecule has 168 valence electrons. The number of nitrogens with zero attached hydrogens (tertiary/aromatic N) is 4. The number of benzene rings is 1. The topological polar surface area (TPSA) is 62.5 Å². The Morgan fingerprint density at radius 2 is 1.94 bits per heavy atom.